The number of fused-ring (bicyclic) bond motifs is 1. The number of hydrogen-bond acceptors (Lipinski definition) is 3. The van der Waals surface area contributed by atoms with Gasteiger partial charge in [-0.25, -0.2) is 4.98 Å². The summed E-state index contributed by atoms with van der Waals surface area (Å²) in [5.41, 5.74) is 3.93. The van der Waals surface area contributed by atoms with Gasteiger partial charge < -0.3 is 10.1 Å². The Morgan fingerprint density at radius 1 is 0.889 bits per heavy atom. The SMILES string of the molecule is COc1nc2ccccc2cc1C(=O)Nc1ccccc1-c1ccccc1. The van der Waals surface area contributed by atoms with Crippen LogP contribution in [-0.4, -0.2) is 18.0 Å². The summed E-state index contributed by atoms with van der Waals surface area (Å²) in [7, 11) is 1.52. The minimum atomic E-state index is -0.256. The molecule has 0 aliphatic carbocycles. The van der Waals surface area contributed by atoms with Crippen molar-refractivity contribution in [3.05, 3.63) is 90.5 Å². The lowest BCUT2D eigenvalue weighted by molar-refractivity contribution is 0.102. The van der Waals surface area contributed by atoms with E-state index in [1.54, 1.807) is 0 Å². The average molecular weight is 354 g/mol. The second kappa shape index (κ2) is 7.30. The molecule has 3 aromatic carbocycles. The number of carbonyl (C=O) groups excluding carboxylic acids is 1. The fraction of sp³-hybridized carbons (Fsp3) is 0.0435. The van der Waals surface area contributed by atoms with Gasteiger partial charge in [0, 0.05) is 16.6 Å². The molecule has 0 saturated heterocycles. The molecule has 0 unspecified atom stereocenters. The van der Waals surface area contributed by atoms with Crippen molar-refractivity contribution in [3.8, 4) is 17.0 Å². The highest BCUT2D eigenvalue weighted by Crippen LogP contribution is 2.29. The predicted molar refractivity (Wildman–Crippen MR) is 108 cm³/mol. The van der Waals surface area contributed by atoms with E-state index in [-0.39, 0.29) is 5.91 Å². The zero-order chi connectivity index (χ0) is 18.6. The van der Waals surface area contributed by atoms with Crippen LogP contribution in [0.5, 0.6) is 5.88 Å². The van der Waals surface area contributed by atoms with Crippen LogP contribution in [0.4, 0.5) is 5.69 Å². The predicted octanol–water partition coefficient (Wildman–Crippen LogP) is 5.16. The summed E-state index contributed by atoms with van der Waals surface area (Å²) in [6.07, 6.45) is 0. The van der Waals surface area contributed by atoms with Crippen molar-refractivity contribution in [2.45, 2.75) is 0 Å². The Kier molecular flexibility index (Phi) is 4.54. The molecule has 1 N–H and O–H groups in total. The Morgan fingerprint density at radius 3 is 2.41 bits per heavy atom. The fourth-order valence-electron chi connectivity index (χ4n) is 3.07. The van der Waals surface area contributed by atoms with Crippen molar-refractivity contribution in [2.24, 2.45) is 0 Å². The Hall–Kier alpha value is -3.66. The molecule has 4 heteroatoms. The Morgan fingerprint density at radius 2 is 1.59 bits per heavy atom. The first-order valence-electron chi connectivity index (χ1n) is 8.66. The third-order valence-corrected chi connectivity index (χ3v) is 4.39. The lowest BCUT2D eigenvalue weighted by Gasteiger charge is -2.13. The van der Waals surface area contributed by atoms with Crippen LogP contribution < -0.4 is 10.1 Å². The quantitative estimate of drug-likeness (QED) is 0.550. The lowest BCUT2D eigenvalue weighted by atomic mass is 10.0. The standard InChI is InChI=1S/C23H18N2O2/c1-27-23-19(15-17-11-5-7-13-20(17)25-23)22(26)24-21-14-8-6-12-18(21)16-9-3-2-4-10-16/h2-15H,1H3,(H,24,26). The summed E-state index contributed by atoms with van der Waals surface area (Å²) in [5, 5.41) is 3.89. The number of rotatable bonds is 4. The maximum absolute atomic E-state index is 13.0. The van der Waals surface area contributed by atoms with Gasteiger partial charge in [-0.05, 0) is 23.8 Å². The van der Waals surface area contributed by atoms with E-state index in [4.69, 9.17) is 4.74 Å². The van der Waals surface area contributed by atoms with Gasteiger partial charge in [-0.3, -0.25) is 4.79 Å². The van der Waals surface area contributed by atoms with Crippen LogP contribution >= 0.6 is 0 Å². The van der Waals surface area contributed by atoms with E-state index < -0.39 is 0 Å². The van der Waals surface area contributed by atoms with Gasteiger partial charge in [0.2, 0.25) is 5.88 Å². The number of methoxy groups -OCH3 is 1. The summed E-state index contributed by atoms with van der Waals surface area (Å²) in [6.45, 7) is 0. The topological polar surface area (TPSA) is 51.2 Å². The molecule has 27 heavy (non-hydrogen) atoms. The highest BCUT2D eigenvalue weighted by molar-refractivity contribution is 6.09. The molecule has 0 saturated carbocycles. The number of para-hydroxylation sites is 2. The lowest BCUT2D eigenvalue weighted by Crippen LogP contribution is -2.14. The smallest absolute Gasteiger partial charge is 0.261 e. The van der Waals surface area contributed by atoms with Crippen LogP contribution in [0.25, 0.3) is 22.0 Å². The number of carbonyl (C=O) groups is 1. The molecule has 1 heterocycles. The van der Waals surface area contributed by atoms with Gasteiger partial charge in [0.1, 0.15) is 5.56 Å². The number of hydrogen-bond donors (Lipinski definition) is 1. The molecule has 0 aliphatic heterocycles. The van der Waals surface area contributed by atoms with E-state index in [2.05, 4.69) is 10.3 Å². The van der Waals surface area contributed by atoms with Gasteiger partial charge in [0.15, 0.2) is 0 Å². The normalized spacial score (nSPS) is 10.6. The third kappa shape index (κ3) is 3.37. The Bertz CT molecular complexity index is 1110. The fourth-order valence-corrected chi connectivity index (χ4v) is 3.07. The van der Waals surface area contributed by atoms with E-state index in [9.17, 15) is 4.79 Å². The van der Waals surface area contributed by atoms with E-state index in [1.165, 1.54) is 7.11 Å². The minimum Gasteiger partial charge on any atom is -0.480 e. The van der Waals surface area contributed by atoms with Gasteiger partial charge in [-0.15, -0.1) is 0 Å². The number of anilines is 1. The third-order valence-electron chi connectivity index (χ3n) is 4.39. The molecule has 0 fully saturated rings. The molecule has 0 aliphatic rings. The summed E-state index contributed by atoms with van der Waals surface area (Å²) in [4.78, 5) is 17.4. The number of aromatic nitrogens is 1. The molecule has 0 atom stereocenters. The maximum Gasteiger partial charge on any atom is 0.261 e. The van der Waals surface area contributed by atoms with Crippen molar-refractivity contribution in [1.82, 2.24) is 4.98 Å². The number of nitrogens with one attached hydrogen (secondary N) is 1. The zero-order valence-electron chi connectivity index (χ0n) is 14.8. The van der Waals surface area contributed by atoms with E-state index in [0.29, 0.717) is 11.4 Å². The van der Waals surface area contributed by atoms with Crippen LogP contribution in [0.15, 0.2) is 84.9 Å². The molecule has 132 valence electrons. The first-order chi connectivity index (χ1) is 13.3. The number of benzene rings is 3. The van der Waals surface area contributed by atoms with Crippen LogP contribution in [-0.2, 0) is 0 Å². The first-order valence-corrected chi connectivity index (χ1v) is 8.66. The molecule has 4 nitrogen and oxygen atoms in total. The molecule has 4 rings (SSSR count). The summed E-state index contributed by atoms with van der Waals surface area (Å²) in [5.74, 6) is 0.0527. The molecule has 0 spiro atoms. The molecule has 1 amide bonds. The number of ether oxygens (including phenoxy) is 1. The van der Waals surface area contributed by atoms with Crippen LogP contribution in [0.2, 0.25) is 0 Å². The Labute approximate surface area is 157 Å². The van der Waals surface area contributed by atoms with Crippen LogP contribution in [0.1, 0.15) is 10.4 Å². The molecule has 1 aromatic heterocycles. The highest BCUT2D eigenvalue weighted by Gasteiger charge is 2.17. The summed E-state index contributed by atoms with van der Waals surface area (Å²) in [6, 6.07) is 27.1. The van der Waals surface area contributed by atoms with Gasteiger partial charge in [0.05, 0.1) is 12.6 Å². The van der Waals surface area contributed by atoms with Crippen molar-refractivity contribution in [2.75, 3.05) is 12.4 Å². The molecule has 0 bridgehead atoms. The number of nitrogens with zero attached hydrogens (tertiary/aromatic N) is 1. The van der Waals surface area contributed by atoms with Crippen molar-refractivity contribution in [3.63, 3.8) is 0 Å². The maximum atomic E-state index is 13.0. The molecular formula is C23H18N2O2. The molecular weight excluding hydrogens is 336 g/mol. The van der Waals surface area contributed by atoms with Crippen molar-refractivity contribution < 1.29 is 9.53 Å². The first kappa shape index (κ1) is 16.8. The van der Waals surface area contributed by atoms with E-state index in [0.717, 1.165) is 27.7 Å². The summed E-state index contributed by atoms with van der Waals surface area (Å²) >= 11 is 0. The molecule has 0 radical (unpaired) electrons. The second-order valence-corrected chi connectivity index (χ2v) is 6.10. The van der Waals surface area contributed by atoms with Gasteiger partial charge in [-0.1, -0.05) is 66.7 Å². The zero-order valence-corrected chi connectivity index (χ0v) is 14.8. The van der Waals surface area contributed by atoms with Gasteiger partial charge in [0.25, 0.3) is 5.91 Å². The highest BCUT2D eigenvalue weighted by atomic mass is 16.5. The minimum absolute atomic E-state index is 0.256. The molecule has 4 aromatic rings. The number of amides is 1. The monoisotopic (exact) mass is 354 g/mol. The van der Waals surface area contributed by atoms with Crippen LogP contribution in [0, 0.1) is 0 Å². The number of pyridine rings is 1. The Balaban J connectivity index is 1.73. The van der Waals surface area contributed by atoms with E-state index in [1.807, 2.05) is 84.9 Å². The summed E-state index contributed by atoms with van der Waals surface area (Å²) < 4.78 is 5.36. The second-order valence-electron chi connectivity index (χ2n) is 6.10. The van der Waals surface area contributed by atoms with Crippen molar-refractivity contribution >= 4 is 22.5 Å². The van der Waals surface area contributed by atoms with Crippen molar-refractivity contribution in [1.29, 1.82) is 0 Å². The van der Waals surface area contributed by atoms with Gasteiger partial charge in [-0.2, -0.15) is 0 Å². The van der Waals surface area contributed by atoms with Crippen LogP contribution in [0.3, 0.4) is 0 Å². The largest absolute Gasteiger partial charge is 0.480 e. The average Bonchev–Trinajstić information content (AvgIpc) is 2.73. The van der Waals surface area contributed by atoms with E-state index >= 15 is 0 Å². The van der Waals surface area contributed by atoms with Gasteiger partial charge >= 0.3 is 0 Å².